The van der Waals surface area contributed by atoms with Crippen LogP contribution < -0.4 is 14.8 Å². The molecule has 6 heteroatoms. The van der Waals surface area contributed by atoms with E-state index in [-0.39, 0.29) is 11.8 Å². The van der Waals surface area contributed by atoms with Crippen LogP contribution in [0.4, 0.5) is 5.69 Å². The number of amides is 2. The summed E-state index contributed by atoms with van der Waals surface area (Å²) in [6.45, 7) is 2.62. The van der Waals surface area contributed by atoms with Crippen LogP contribution in [0.5, 0.6) is 11.5 Å². The van der Waals surface area contributed by atoms with Gasteiger partial charge in [0.15, 0.2) is 11.5 Å². The number of nitrogens with zero attached hydrogens (tertiary/aromatic N) is 1. The number of carbonyl (C=O) groups excluding carboxylic acids is 2. The Balaban J connectivity index is 1.64. The Kier molecular flexibility index (Phi) is 5.74. The van der Waals surface area contributed by atoms with Gasteiger partial charge in [-0.05, 0) is 65.4 Å². The van der Waals surface area contributed by atoms with Crippen molar-refractivity contribution in [3.8, 4) is 11.5 Å². The highest BCUT2D eigenvalue weighted by atomic mass is 16.5. The van der Waals surface area contributed by atoms with Gasteiger partial charge in [0.25, 0.3) is 5.91 Å². The molecule has 2 amide bonds. The fourth-order valence-electron chi connectivity index (χ4n) is 5.23. The van der Waals surface area contributed by atoms with Gasteiger partial charge in [0.1, 0.15) is 0 Å². The Morgan fingerprint density at radius 3 is 2.53 bits per heavy atom. The monoisotopic (exact) mass is 456 g/mol. The van der Waals surface area contributed by atoms with Crippen molar-refractivity contribution in [2.24, 2.45) is 0 Å². The van der Waals surface area contributed by atoms with Crippen LogP contribution in [-0.2, 0) is 17.6 Å². The van der Waals surface area contributed by atoms with Crippen molar-refractivity contribution in [1.82, 2.24) is 4.90 Å². The number of carbonyl (C=O) groups is 2. The molecule has 0 spiro atoms. The third kappa shape index (κ3) is 3.59. The van der Waals surface area contributed by atoms with Gasteiger partial charge in [0, 0.05) is 17.8 Å². The van der Waals surface area contributed by atoms with E-state index in [4.69, 9.17) is 9.47 Å². The lowest BCUT2D eigenvalue weighted by atomic mass is 9.75. The highest BCUT2D eigenvalue weighted by Crippen LogP contribution is 2.48. The fourth-order valence-corrected chi connectivity index (χ4v) is 5.23. The summed E-state index contributed by atoms with van der Waals surface area (Å²) < 4.78 is 11.1. The predicted molar refractivity (Wildman–Crippen MR) is 131 cm³/mol. The number of nitrogens with one attached hydrogen (secondary N) is 1. The van der Waals surface area contributed by atoms with Crippen LogP contribution in [0.2, 0.25) is 0 Å². The number of hydrogen-bond donors (Lipinski definition) is 1. The van der Waals surface area contributed by atoms with Crippen LogP contribution in [0.3, 0.4) is 0 Å². The molecule has 0 aromatic heterocycles. The summed E-state index contributed by atoms with van der Waals surface area (Å²) in [5, 5.41) is 3.12. The third-order valence-electron chi connectivity index (χ3n) is 6.91. The topological polar surface area (TPSA) is 67.9 Å². The van der Waals surface area contributed by atoms with E-state index in [9.17, 15) is 9.59 Å². The molecule has 0 fully saturated rings. The van der Waals surface area contributed by atoms with Crippen LogP contribution >= 0.6 is 0 Å². The molecule has 0 unspecified atom stereocenters. The molecule has 3 aromatic carbocycles. The Hall–Kier alpha value is -3.80. The number of hydrogen-bond acceptors (Lipinski definition) is 4. The maximum Gasteiger partial charge on any atom is 0.254 e. The molecule has 2 aliphatic rings. The van der Waals surface area contributed by atoms with Crippen molar-refractivity contribution in [3.63, 3.8) is 0 Å². The van der Waals surface area contributed by atoms with E-state index < -0.39 is 12.0 Å². The van der Waals surface area contributed by atoms with Crippen LogP contribution in [0.1, 0.15) is 51.5 Å². The summed E-state index contributed by atoms with van der Waals surface area (Å²) >= 11 is 0. The van der Waals surface area contributed by atoms with Gasteiger partial charge in [-0.25, -0.2) is 0 Å². The first kappa shape index (κ1) is 22.0. The average molecular weight is 457 g/mol. The van der Waals surface area contributed by atoms with E-state index in [0.29, 0.717) is 30.0 Å². The lowest BCUT2D eigenvalue weighted by molar-refractivity contribution is -0.119. The molecule has 6 nitrogen and oxygen atoms in total. The molecule has 0 saturated carbocycles. The van der Waals surface area contributed by atoms with Crippen molar-refractivity contribution in [3.05, 3.63) is 88.5 Å². The summed E-state index contributed by atoms with van der Waals surface area (Å²) in [4.78, 5) is 29.2. The van der Waals surface area contributed by atoms with Crippen molar-refractivity contribution in [2.75, 3.05) is 26.1 Å². The van der Waals surface area contributed by atoms with Gasteiger partial charge < -0.3 is 19.7 Å². The van der Waals surface area contributed by atoms with Gasteiger partial charge in [0.05, 0.1) is 26.2 Å². The van der Waals surface area contributed by atoms with E-state index in [2.05, 4.69) is 12.2 Å². The second-order valence-electron chi connectivity index (χ2n) is 8.71. The second-order valence-corrected chi connectivity index (χ2v) is 8.71. The van der Waals surface area contributed by atoms with Crippen LogP contribution in [0, 0.1) is 0 Å². The smallest absolute Gasteiger partial charge is 0.254 e. The summed E-state index contributed by atoms with van der Waals surface area (Å²) in [5.74, 6) is 0.499. The molecule has 2 aliphatic heterocycles. The Morgan fingerprint density at radius 2 is 1.76 bits per heavy atom. The second kappa shape index (κ2) is 8.86. The molecule has 0 saturated heterocycles. The number of anilines is 1. The molecule has 2 atom stereocenters. The average Bonchev–Trinajstić information content (AvgIpc) is 2.88. The number of fused-ring (bicyclic) bond motifs is 4. The number of methoxy groups -OCH3 is 2. The summed E-state index contributed by atoms with van der Waals surface area (Å²) in [7, 11) is 3.21. The van der Waals surface area contributed by atoms with E-state index >= 15 is 0 Å². The maximum absolute atomic E-state index is 13.9. The van der Waals surface area contributed by atoms with Gasteiger partial charge in [0.2, 0.25) is 5.91 Å². The number of aryl methyl sites for hydroxylation is 1. The first-order chi connectivity index (χ1) is 16.5. The normalized spacial score (nSPS) is 18.4. The van der Waals surface area contributed by atoms with Gasteiger partial charge in [-0.15, -0.1) is 0 Å². The Bertz CT molecular complexity index is 1270. The zero-order chi connectivity index (χ0) is 23.8. The van der Waals surface area contributed by atoms with Gasteiger partial charge in [-0.1, -0.05) is 37.3 Å². The molecule has 174 valence electrons. The zero-order valence-corrected chi connectivity index (χ0v) is 19.6. The van der Waals surface area contributed by atoms with E-state index in [1.807, 2.05) is 65.6 Å². The van der Waals surface area contributed by atoms with Gasteiger partial charge in [-0.3, -0.25) is 9.59 Å². The molecule has 2 heterocycles. The number of rotatable bonds is 5. The molecule has 0 aliphatic carbocycles. The molecule has 0 radical (unpaired) electrons. The molecule has 5 rings (SSSR count). The minimum Gasteiger partial charge on any atom is -0.493 e. The van der Waals surface area contributed by atoms with Crippen molar-refractivity contribution >= 4 is 17.5 Å². The largest absolute Gasteiger partial charge is 0.493 e. The quantitative estimate of drug-likeness (QED) is 0.602. The molecular formula is C28H28N2O4. The summed E-state index contributed by atoms with van der Waals surface area (Å²) in [5.41, 5.74) is 5.24. The van der Waals surface area contributed by atoms with Crippen molar-refractivity contribution < 1.29 is 19.1 Å². The Morgan fingerprint density at radius 1 is 1.00 bits per heavy atom. The van der Waals surface area contributed by atoms with E-state index in [1.165, 1.54) is 0 Å². The molecule has 3 aromatic rings. The highest BCUT2D eigenvalue weighted by Gasteiger charge is 2.46. The van der Waals surface area contributed by atoms with Crippen LogP contribution in [0.15, 0.2) is 60.7 Å². The molecule has 0 bridgehead atoms. The SMILES string of the molecule is CCc1cccc(NC(=O)[C@H]2c3ccccc3C(=O)N3CCc4cc(OC)c(OC)cc4[C@H]23)c1. The van der Waals surface area contributed by atoms with Crippen LogP contribution in [-0.4, -0.2) is 37.5 Å². The minimum absolute atomic E-state index is 0.0435. The molecule has 1 N–H and O–H groups in total. The van der Waals surface area contributed by atoms with Crippen molar-refractivity contribution in [1.29, 1.82) is 0 Å². The van der Waals surface area contributed by atoms with Crippen LogP contribution in [0.25, 0.3) is 0 Å². The minimum atomic E-state index is -0.559. The fraction of sp³-hybridized carbons (Fsp3) is 0.286. The highest BCUT2D eigenvalue weighted by molar-refractivity contribution is 6.04. The molecular weight excluding hydrogens is 428 g/mol. The lowest BCUT2D eigenvalue weighted by Crippen LogP contribution is -2.49. The summed E-state index contributed by atoms with van der Waals surface area (Å²) in [6.07, 6.45) is 1.57. The standard InChI is InChI=1S/C28H28N2O4/c1-4-17-8-7-9-19(14-17)29-27(31)25-20-10-5-6-11-21(20)28(32)30-13-12-18-15-23(33-2)24(34-3)16-22(18)26(25)30/h5-11,14-16,25-26H,4,12-13H2,1-3H3,(H,29,31)/t25-,26+/m0/s1. The van der Waals surface area contributed by atoms with Gasteiger partial charge in [-0.2, -0.15) is 0 Å². The number of benzene rings is 3. The first-order valence-corrected chi connectivity index (χ1v) is 11.6. The first-order valence-electron chi connectivity index (χ1n) is 11.6. The number of ether oxygens (including phenoxy) is 2. The Labute approximate surface area is 199 Å². The van der Waals surface area contributed by atoms with Gasteiger partial charge >= 0.3 is 0 Å². The van der Waals surface area contributed by atoms with Crippen molar-refractivity contribution in [2.45, 2.75) is 31.7 Å². The predicted octanol–water partition coefficient (Wildman–Crippen LogP) is 4.74. The third-order valence-corrected chi connectivity index (χ3v) is 6.91. The lowest BCUT2D eigenvalue weighted by Gasteiger charge is -2.45. The van der Waals surface area contributed by atoms with E-state index in [1.54, 1.807) is 14.2 Å². The maximum atomic E-state index is 13.9. The van der Waals surface area contributed by atoms with E-state index in [0.717, 1.165) is 34.4 Å². The molecule has 34 heavy (non-hydrogen) atoms. The summed E-state index contributed by atoms with van der Waals surface area (Å²) in [6, 6.07) is 18.8. The zero-order valence-electron chi connectivity index (χ0n) is 19.6.